The van der Waals surface area contributed by atoms with Crippen LogP contribution in [-0.4, -0.2) is 19.0 Å². The molecule has 0 bridgehead atoms. The van der Waals surface area contributed by atoms with Crippen molar-refractivity contribution in [2.75, 3.05) is 7.11 Å². The van der Waals surface area contributed by atoms with Gasteiger partial charge in [0.05, 0.1) is 0 Å². The van der Waals surface area contributed by atoms with Gasteiger partial charge in [-0.25, -0.2) is 0 Å². The molecule has 1 rings (SSSR count). The SMILES string of the molecule is C=C(C)CCC(=O)C(OC)C1CC1. The minimum atomic E-state index is -0.139. The van der Waals surface area contributed by atoms with Crippen LogP contribution < -0.4 is 0 Å². The second-order valence-corrected chi connectivity index (χ2v) is 3.92. The van der Waals surface area contributed by atoms with Gasteiger partial charge in [0.15, 0.2) is 5.78 Å². The number of ketones is 1. The molecule has 0 N–H and O–H groups in total. The third-order valence-corrected chi connectivity index (χ3v) is 2.42. The van der Waals surface area contributed by atoms with Crippen LogP contribution in [0.1, 0.15) is 32.6 Å². The van der Waals surface area contributed by atoms with E-state index in [4.69, 9.17) is 4.74 Å². The summed E-state index contributed by atoms with van der Waals surface area (Å²) >= 11 is 0. The molecule has 0 radical (unpaired) electrons. The molecule has 0 aliphatic heterocycles. The topological polar surface area (TPSA) is 26.3 Å². The Balaban J connectivity index is 2.31. The number of ether oxygens (including phenoxy) is 1. The van der Waals surface area contributed by atoms with Gasteiger partial charge in [-0.3, -0.25) is 4.79 Å². The molecule has 1 unspecified atom stereocenters. The maximum atomic E-state index is 11.6. The van der Waals surface area contributed by atoms with Crippen molar-refractivity contribution in [1.29, 1.82) is 0 Å². The number of carbonyl (C=O) groups excluding carboxylic acids is 1. The zero-order valence-corrected chi connectivity index (χ0v) is 8.51. The van der Waals surface area contributed by atoms with E-state index in [-0.39, 0.29) is 11.9 Å². The molecule has 0 spiro atoms. The van der Waals surface area contributed by atoms with Crippen LogP contribution in [0.25, 0.3) is 0 Å². The van der Waals surface area contributed by atoms with Crippen molar-refractivity contribution in [3.05, 3.63) is 12.2 Å². The molecule has 74 valence electrons. The quantitative estimate of drug-likeness (QED) is 0.589. The van der Waals surface area contributed by atoms with Gasteiger partial charge in [0.25, 0.3) is 0 Å². The van der Waals surface area contributed by atoms with Gasteiger partial charge in [-0.2, -0.15) is 0 Å². The van der Waals surface area contributed by atoms with E-state index in [0.29, 0.717) is 12.3 Å². The number of methoxy groups -OCH3 is 1. The van der Waals surface area contributed by atoms with Crippen LogP contribution in [0.5, 0.6) is 0 Å². The molecular formula is C11H18O2. The van der Waals surface area contributed by atoms with Gasteiger partial charge in [0, 0.05) is 13.5 Å². The molecule has 0 aromatic carbocycles. The van der Waals surface area contributed by atoms with Gasteiger partial charge in [-0.05, 0) is 32.1 Å². The summed E-state index contributed by atoms with van der Waals surface area (Å²) in [6, 6.07) is 0. The summed E-state index contributed by atoms with van der Waals surface area (Å²) in [5, 5.41) is 0. The summed E-state index contributed by atoms with van der Waals surface area (Å²) in [6.07, 6.45) is 3.55. The lowest BCUT2D eigenvalue weighted by Gasteiger charge is -2.12. The molecule has 1 aliphatic rings. The van der Waals surface area contributed by atoms with E-state index in [0.717, 1.165) is 24.8 Å². The number of hydrogen-bond donors (Lipinski definition) is 0. The monoisotopic (exact) mass is 182 g/mol. The highest BCUT2D eigenvalue weighted by Crippen LogP contribution is 2.35. The van der Waals surface area contributed by atoms with E-state index < -0.39 is 0 Å². The molecule has 1 fully saturated rings. The third-order valence-electron chi connectivity index (χ3n) is 2.42. The maximum absolute atomic E-state index is 11.6. The molecule has 0 saturated heterocycles. The fourth-order valence-corrected chi connectivity index (χ4v) is 1.46. The Morgan fingerprint density at radius 3 is 2.54 bits per heavy atom. The van der Waals surface area contributed by atoms with Gasteiger partial charge < -0.3 is 4.74 Å². The highest BCUT2D eigenvalue weighted by atomic mass is 16.5. The molecule has 2 nitrogen and oxygen atoms in total. The van der Waals surface area contributed by atoms with Gasteiger partial charge >= 0.3 is 0 Å². The van der Waals surface area contributed by atoms with Gasteiger partial charge in [-0.1, -0.05) is 5.57 Å². The minimum Gasteiger partial charge on any atom is -0.373 e. The molecule has 2 heteroatoms. The van der Waals surface area contributed by atoms with Gasteiger partial charge in [0.2, 0.25) is 0 Å². The minimum absolute atomic E-state index is 0.139. The first-order valence-corrected chi connectivity index (χ1v) is 4.85. The van der Waals surface area contributed by atoms with Crippen LogP contribution >= 0.6 is 0 Å². The lowest BCUT2D eigenvalue weighted by Crippen LogP contribution is -2.24. The van der Waals surface area contributed by atoms with Crippen LogP contribution in [0.15, 0.2) is 12.2 Å². The summed E-state index contributed by atoms with van der Waals surface area (Å²) in [7, 11) is 1.63. The lowest BCUT2D eigenvalue weighted by atomic mass is 10.0. The molecule has 1 aliphatic carbocycles. The number of carbonyl (C=O) groups is 1. The van der Waals surface area contributed by atoms with Crippen molar-refractivity contribution < 1.29 is 9.53 Å². The average Bonchev–Trinajstić information content (AvgIpc) is 2.86. The summed E-state index contributed by atoms with van der Waals surface area (Å²) in [6.45, 7) is 5.73. The van der Waals surface area contributed by atoms with Crippen molar-refractivity contribution >= 4 is 5.78 Å². The van der Waals surface area contributed by atoms with Gasteiger partial charge in [0.1, 0.15) is 6.10 Å². The zero-order chi connectivity index (χ0) is 9.84. The molecular weight excluding hydrogens is 164 g/mol. The fourth-order valence-electron chi connectivity index (χ4n) is 1.46. The molecule has 0 amide bonds. The number of Topliss-reactive ketones (excluding diaryl/α,β-unsaturated/α-hetero) is 1. The molecule has 0 aromatic rings. The van der Waals surface area contributed by atoms with Crippen molar-refractivity contribution in [2.24, 2.45) is 5.92 Å². The zero-order valence-electron chi connectivity index (χ0n) is 8.51. The number of hydrogen-bond acceptors (Lipinski definition) is 2. The van der Waals surface area contributed by atoms with E-state index >= 15 is 0 Å². The lowest BCUT2D eigenvalue weighted by molar-refractivity contribution is -0.129. The smallest absolute Gasteiger partial charge is 0.162 e. The Hall–Kier alpha value is -0.630. The number of rotatable bonds is 6. The van der Waals surface area contributed by atoms with Crippen molar-refractivity contribution in [3.63, 3.8) is 0 Å². The summed E-state index contributed by atoms with van der Waals surface area (Å²) in [4.78, 5) is 11.6. The highest BCUT2D eigenvalue weighted by Gasteiger charge is 2.35. The van der Waals surface area contributed by atoms with Crippen LogP contribution in [0.4, 0.5) is 0 Å². The Labute approximate surface area is 80.0 Å². The first-order valence-electron chi connectivity index (χ1n) is 4.85. The van der Waals surface area contributed by atoms with Crippen molar-refractivity contribution in [2.45, 2.75) is 38.7 Å². The Morgan fingerprint density at radius 2 is 2.15 bits per heavy atom. The van der Waals surface area contributed by atoms with Crippen LogP contribution in [0.3, 0.4) is 0 Å². The fraction of sp³-hybridized carbons (Fsp3) is 0.727. The first-order chi connectivity index (χ1) is 6.15. The van der Waals surface area contributed by atoms with Gasteiger partial charge in [-0.15, -0.1) is 6.58 Å². The van der Waals surface area contributed by atoms with E-state index in [2.05, 4.69) is 6.58 Å². The molecule has 0 aromatic heterocycles. The normalized spacial score (nSPS) is 18.3. The Kier molecular flexibility index (Phi) is 3.67. The second-order valence-electron chi connectivity index (χ2n) is 3.92. The summed E-state index contributed by atoms with van der Waals surface area (Å²) in [5.74, 6) is 0.746. The standard InChI is InChI=1S/C11H18O2/c1-8(2)4-7-10(12)11(13-3)9-5-6-9/h9,11H,1,4-7H2,2-3H3. The van der Waals surface area contributed by atoms with Crippen molar-refractivity contribution in [3.8, 4) is 0 Å². The summed E-state index contributed by atoms with van der Waals surface area (Å²) < 4.78 is 5.19. The van der Waals surface area contributed by atoms with Crippen LogP contribution in [-0.2, 0) is 9.53 Å². The average molecular weight is 182 g/mol. The van der Waals surface area contributed by atoms with Crippen molar-refractivity contribution in [1.82, 2.24) is 0 Å². The largest absolute Gasteiger partial charge is 0.373 e. The third kappa shape index (κ3) is 3.31. The Bertz CT molecular complexity index is 204. The highest BCUT2D eigenvalue weighted by molar-refractivity contribution is 5.83. The predicted molar refractivity (Wildman–Crippen MR) is 52.6 cm³/mol. The molecule has 13 heavy (non-hydrogen) atoms. The van der Waals surface area contributed by atoms with E-state index in [1.54, 1.807) is 7.11 Å². The van der Waals surface area contributed by atoms with E-state index in [1.165, 1.54) is 0 Å². The van der Waals surface area contributed by atoms with Crippen LogP contribution in [0, 0.1) is 5.92 Å². The molecule has 0 heterocycles. The number of allylic oxidation sites excluding steroid dienone is 1. The maximum Gasteiger partial charge on any atom is 0.162 e. The second kappa shape index (κ2) is 4.56. The summed E-state index contributed by atoms with van der Waals surface area (Å²) in [5.41, 5.74) is 1.07. The van der Waals surface area contributed by atoms with Crippen LogP contribution in [0.2, 0.25) is 0 Å². The molecule has 1 atom stereocenters. The molecule has 1 saturated carbocycles. The predicted octanol–water partition coefficient (Wildman–Crippen LogP) is 2.34. The first kappa shape index (κ1) is 10.5. The van der Waals surface area contributed by atoms with E-state index in [9.17, 15) is 4.79 Å². The van der Waals surface area contributed by atoms with E-state index in [1.807, 2.05) is 6.92 Å². The Morgan fingerprint density at radius 1 is 1.54 bits per heavy atom.